The maximum absolute atomic E-state index is 9.87. The van der Waals surface area contributed by atoms with E-state index in [1.165, 1.54) is 0 Å². The molecule has 0 aliphatic carbocycles. The van der Waals surface area contributed by atoms with Crippen LogP contribution in [-0.4, -0.2) is 29.2 Å². The number of hydrogen-bond acceptors (Lipinski definition) is 5. The lowest BCUT2D eigenvalue weighted by atomic mass is 9.86. The lowest BCUT2D eigenvalue weighted by molar-refractivity contribution is 0.175. The largest absolute Gasteiger partial charge is 0.409 e. The van der Waals surface area contributed by atoms with Crippen molar-refractivity contribution >= 4 is 17.2 Å². The van der Waals surface area contributed by atoms with Gasteiger partial charge in [0, 0.05) is 12.0 Å². The minimum absolute atomic E-state index is 0.255. The Morgan fingerprint density at radius 1 is 1.58 bits per heavy atom. The molecule has 108 valence electrons. The Labute approximate surface area is 118 Å². The number of oxime groups is 1. The number of nitrogens with zero attached hydrogens (tertiary/aromatic N) is 1. The van der Waals surface area contributed by atoms with E-state index in [9.17, 15) is 5.11 Å². The summed E-state index contributed by atoms with van der Waals surface area (Å²) in [6, 6.07) is 1.93. The first-order chi connectivity index (χ1) is 8.97. The molecule has 0 fully saturated rings. The third kappa shape index (κ3) is 5.18. The van der Waals surface area contributed by atoms with E-state index in [4.69, 9.17) is 10.9 Å². The van der Waals surface area contributed by atoms with Gasteiger partial charge in [-0.3, -0.25) is 0 Å². The molecule has 1 heterocycles. The smallest absolute Gasteiger partial charge is 0.144 e. The van der Waals surface area contributed by atoms with Crippen LogP contribution in [0.5, 0.6) is 0 Å². The lowest BCUT2D eigenvalue weighted by Gasteiger charge is -2.22. The highest BCUT2D eigenvalue weighted by molar-refractivity contribution is 7.07. The van der Waals surface area contributed by atoms with Crippen molar-refractivity contribution < 1.29 is 10.3 Å². The first-order valence-electron chi connectivity index (χ1n) is 6.36. The summed E-state index contributed by atoms with van der Waals surface area (Å²) in [5.74, 6) is 0.255. The number of aliphatic hydroxyl groups excluding tert-OH is 1. The highest BCUT2D eigenvalue weighted by Gasteiger charge is 2.22. The van der Waals surface area contributed by atoms with Gasteiger partial charge >= 0.3 is 0 Å². The molecule has 1 unspecified atom stereocenters. The Morgan fingerprint density at radius 2 is 2.32 bits per heavy atom. The molecule has 1 aromatic rings. The molecular weight excluding hydrogens is 262 g/mol. The number of hydrogen-bond donors (Lipinski definition) is 4. The summed E-state index contributed by atoms with van der Waals surface area (Å²) < 4.78 is 0. The van der Waals surface area contributed by atoms with E-state index in [1.807, 2.05) is 30.7 Å². The molecule has 0 amide bonds. The number of aliphatic hydroxyl groups is 1. The second-order valence-electron chi connectivity index (χ2n) is 5.25. The number of nitrogens with one attached hydrogen (secondary N) is 1. The second-order valence-corrected chi connectivity index (χ2v) is 6.03. The van der Waals surface area contributed by atoms with Gasteiger partial charge in [-0.05, 0) is 41.8 Å². The van der Waals surface area contributed by atoms with Crippen LogP contribution >= 0.6 is 11.3 Å². The van der Waals surface area contributed by atoms with Gasteiger partial charge in [-0.15, -0.1) is 0 Å². The summed E-state index contributed by atoms with van der Waals surface area (Å²) in [5, 5.41) is 28.7. The van der Waals surface area contributed by atoms with Crippen molar-refractivity contribution in [1.29, 1.82) is 0 Å². The highest BCUT2D eigenvalue weighted by Crippen LogP contribution is 2.22. The zero-order chi connectivity index (χ0) is 14.3. The maximum atomic E-state index is 9.87. The fraction of sp³-hybridized carbons (Fsp3) is 0.615. The van der Waals surface area contributed by atoms with Gasteiger partial charge in [-0.1, -0.05) is 19.0 Å². The summed E-state index contributed by atoms with van der Waals surface area (Å²) in [6.07, 6.45) is 1.27. The van der Waals surface area contributed by atoms with Crippen molar-refractivity contribution in [2.45, 2.75) is 32.8 Å². The molecule has 0 aromatic carbocycles. The average molecular weight is 285 g/mol. The Hall–Kier alpha value is -1.11. The van der Waals surface area contributed by atoms with Gasteiger partial charge in [0.15, 0.2) is 0 Å². The van der Waals surface area contributed by atoms with Gasteiger partial charge in [-0.2, -0.15) is 11.3 Å². The van der Waals surface area contributed by atoms with Crippen LogP contribution in [0.3, 0.4) is 0 Å². The number of rotatable bonds is 8. The molecule has 1 rings (SSSR count). The molecular formula is C13H23N3O2S. The van der Waals surface area contributed by atoms with Gasteiger partial charge in [0.1, 0.15) is 5.84 Å². The Balaban J connectivity index is 2.18. The van der Waals surface area contributed by atoms with Crippen LogP contribution in [0.2, 0.25) is 0 Å². The van der Waals surface area contributed by atoms with Gasteiger partial charge < -0.3 is 21.4 Å². The zero-order valence-corrected chi connectivity index (χ0v) is 12.3. The van der Waals surface area contributed by atoms with Gasteiger partial charge in [0.05, 0.1) is 6.10 Å². The minimum Gasteiger partial charge on any atom is -0.409 e. The Morgan fingerprint density at radius 3 is 2.89 bits per heavy atom. The van der Waals surface area contributed by atoms with Crippen LogP contribution in [0, 0.1) is 5.41 Å². The summed E-state index contributed by atoms with van der Waals surface area (Å²) >= 11 is 1.58. The first kappa shape index (κ1) is 15.9. The molecule has 0 spiro atoms. The monoisotopic (exact) mass is 285 g/mol. The maximum Gasteiger partial charge on any atom is 0.144 e. The van der Waals surface area contributed by atoms with Gasteiger partial charge in [-0.25, -0.2) is 0 Å². The van der Waals surface area contributed by atoms with Gasteiger partial charge in [0.2, 0.25) is 0 Å². The SMILES string of the molecule is CC(C)(CCCNCC(O)c1ccsc1)/C(N)=N/O. The van der Waals surface area contributed by atoms with Crippen molar-refractivity contribution in [3.63, 3.8) is 0 Å². The van der Waals surface area contributed by atoms with E-state index < -0.39 is 6.10 Å². The first-order valence-corrected chi connectivity index (χ1v) is 7.30. The van der Waals surface area contributed by atoms with Crippen LogP contribution in [0.25, 0.3) is 0 Å². The fourth-order valence-electron chi connectivity index (χ4n) is 1.74. The van der Waals surface area contributed by atoms with E-state index in [0.717, 1.165) is 24.9 Å². The van der Waals surface area contributed by atoms with Crippen LogP contribution in [-0.2, 0) is 0 Å². The van der Waals surface area contributed by atoms with E-state index in [0.29, 0.717) is 6.54 Å². The molecule has 6 heteroatoms. The lowest BCUT2D eigenvalue weighted by Crippen LogP contribution is -2.33. The molecule has 5 nitrogen and oxygen atoms in total. The number of thiophene rings is 1. The molecule has 0 aliphatic rings. The standard InChI is InChI=1S/C13H23N3O2S/c1-13(2,12(14)16-18)5-3-6-15-8-11(17)10-4-7-19-9-10/h4,7,9,11,15,17-18H,3,5-6,8H2,1-2H3,(H2,14,16). The van der Waals surface area contributed by atoms with Crippen molar-refractivity contribution in [2.75, 3.05) is 13.1 Å². The molecule has 1 atom stereocenters. The average Bonchev–Trinajstić information content (AvgIpc) is 2.90. The summed E-state index contributed by atoms with van der Waals surface area (Å²) in [7, 11) is 0. The van der Waals surface area contributed by atoms with E-state index >= 15 is 0 Å². The predicted molar refractivity (Wildman–Crippen MR) is 78.6 cm³/mol. The van der Waals surface area contributed by atoms with Crippen molar-refractivity contribution in [1.82, 2.24) is 5.32 Å². The minimum atomic E-state index is -0.455. The topological polar surface area (TPSA) is 90.9 Å². The molecule has 0 aliphatic heterocycles. The van der Waals surface area contributed by atoms with Crippen molar-refractivity contribution in [3.8, 4) is 0 Å². The van der Waals surface area contributed by atoms with E-state index in [-0.39, 0.29) is 11.3 Å². The molecule has 0 saturated heterocycles. The molecule has 0 bridgehead atoms. The molecule has 0 radical (unpaired) electrons. The van der Waals surface area contributed by atoms with Crippen molar-refractivity contribution in [3.05, 3.63) is 22.4 Å². The third-order valence-corrected chi connectivity index (χ3v) is 3.92. The Bertz CT molecular complexity index is 391. The van der Waals surface area contributed by atoms with Crippen LogP contribution in [0.4, 0.5) is 0 Å². The third-order valence-electron chi connectivity index (χ3n) is 3.22. The summed E-state index contributed by atoms with van der Waals surface area (Å²) in [6.45, 7) is 5.23. The quantitative estimate of drug-likeness (QED) is 0.193. The highest BCUT2D eigenvalue weighted by atomic mass is 32.1. The van der Waals surface area contributed by atoms with Crippen LogP contribution in [0.15, 0.2) is 22.0 Å². The van der Waals surface area contributed by atoms with Crippen LogP contribution in [0.1, 0.15) is 38.4 Å². The molecule has 1 aromatic heterocycles. The molecule has 0 saturated carbocycles. The normalized spacial score (nSPS) is 14.6. The molecule has 5 N–H and O–H groups in total. The molecule has 19 heavy (non-hydrogen) atoms. The van der Waals surface area contributed by atoms with Crippen molar-refractivity contribution in [2.24, 2.45) is 16.3 Å². The fourth-order valence-corrected chi connectivity index (χ4v) is 2.45. The zero-order valence-electron chi connectivity index (χ0n) is 11.5. The van der Waals surface area contributed by atoms with Gasteiger partial charge in [0.25, 0.3) is 0 Å². The van der Waals surface area contributed by atoms with E-state index in [2.05, 4.69) is 10.5 Å². The predicted octanol–water partition coefficient (Wildman–Crippen LogP) is 1.92. The van der Waals surface area contributed by atoms with E-state index in [1.54, 1.807) is 11.3 Å². The van der Waals surface area contributed by atoms with Crippen LogP contribution < -0.4 is 11.1 Å². The Kier molecular flexibility index (Phi) is 6.27. The second kappa shape index (κ2) is 7.47. The number of amidine groups is 1. The summed E-state index contributed by atoms with van der Waals surface area (Å²) in [4.78, 5) is 0. The number of nitrogens with two attached hydrogens (primary N) is 1. The summed E-state index contributed by atoms with van der Waals surface area (Å²) in [5.41, 5.74) is 6.27.